The molecule has 3 rings (SSSR count). The number of rotatable bonds is 2. The minimum Gasteiger partial charge on any atom is -0.464 e. The van der Waals surface area contributed by atoms with Gasteiger partial charge in [0.15, 0.2) is 0 Å². The van der Waals surface area contributed by atoms with Gasteiger partial charge < -0.3 is 9.52 Å². The molecule has 0 unspecified atom stereocenters. The van der Waals surface area contributed by atoms with E-state index < -0.39 is 5.60 Å². The Morgan fingerprint density at radius 2 is 2.06 bits per heavy atom. The second kappa shape index (κ2) is 3.93. The maximum atomic E-state index is 9.94. The number of nitrogens with zero attached hydrogens (tertiary/aromatic N) is 1. The summed E-state index contributed by atoms with van der Waals surface area (Å²) in [5, 5.41) is 13.6. The molecule has 0 saturated heterocycles. The van der Waals surface area contributed by atoms with Gasteiger partial charge in [0.25, 0.3) is 0 Å². The molecule has 0 aliphatic rings. The lowest BCUT2D eigenvalue weighted by molar-refractivity contribution is 0.0783. The molecule has 0 radical (unpaired) electrons. The molecule has 0 amide bonds. The van der Waals surface area contributed by atoms with Crippen molar-refractivity contribution in [1.29, 1.82) is 0 Å². The van der Waals surface area contributed by atoms with Crippen LogP contribution in [0.4, 0.5) is 0 Å². The number of thiazole rings is 1. The quantitative estimate of drug-likeness (QED) is 0.761. The minimum atomic E-state index is -0.900. The molecule has 2 aromatic heterocycles. The van der Waals surface area contributed by atoms with Gasteiger partial charge in [-0.1, -0.05) is 18.2 Å². The Kier molecular flexibility index (Phi) is 2.50. The number of hydrogen-bond donors (Lipinski definition) is 1. The zero-order valence-corrected chi connectivity index (χ0v) is 11.0. The number of furan rings is 1. The zero-order valence-electron chi connectivity index (χ0n) is 10.2. The number of aliphatic hydroxyl groups is 1. The van der Waals surface area contributed by atoms with Crippen molar-refractivity contribution < 1.29 is 9.52 Å². The summed E-state index contributed by atoms with van der Waals surface area (Å²) in [5.41, 5.74) is 1.77. The Bertz CT molecular complexity index is 691. The second-order valence-corrected chi connectivity index (χ2v) is 5.60. The standard InChI is InChI=1S/C14H13NO2S/c1-14(2,16)13-15-11(8-18-13)10-7-17-12-6-4-3-5-9(10)12/h3-8,16H,1-2H3. The molecule has 1 aromatic carbocycles. The van der Waals surface area contributed by atoms with Crippen LogP contribution in [-0.4, -0.2) is 10.1 Å². The summed E-state index contributed by atoms with van der Waals surface area (Å²) in [6.45, 7) is 3.48. The van der Waals surface area contributed by atoms with Crippen LogP contribution in [0.25, 0.3) is 22.2 Å². The van der Waals surface area contributed by atoms with Gasteiger partial charge in [-0.3, -0.25) is 0 Å². The largest absolute Gasteiger partial charge is 0.464 e. The monoisotopic (exact) mass is 259 g/mol. The molecule has 0 bridgehead atoms. The van der Waals surface area contributed by atoms with Crippen molar-refractivity contribution in [2.24, 2.45) is 0 Å². The lowest BCUT2D eigenvalue weighted by Gasteiger charge is -2.12. The van der Waals surface area contributed by atoms with Crippen LogP contribution in [-0.2, 0) is 5.60 Å². The van der Waals surface area contributed by atoms with Crippen molar-refractivity contribution in [3.63, 3.8) is 0 Å². The van der Waals surface area contributed by atoms with E-state index in [2.05, 4.69) is 4.98 Å². The van der Waals surface area contributed by atoms with E-state index in [1.54, 1.807) is 20.1 Å². The Balaban J connectivity index is 2.13. The van der Waals surface area contributed by atoms with E-state index in [9.17, 15) is 5.11 Å². The van der Waals surface area contributed by atoms with Gasteiger partial charge >= 0.3 is 0 Å². The molecule has 18 heavy (non-hydrogen) atoms. The van der Waals surface area contributed by atoms with Gasteiger partial charge in [-0.05, 0) is 19.9 Å². The minimum absolute atomic E-state index is 0.711. The van der Waals surface area contributed by atoms with Gasteiger partial charge in [-0.25, -0.2) is 4.98 Å². The molecule has 1 N–H and O–H groups in total. The maximum absolute atomic E-state index is 9.94. The number of fused-ring (bicyclic) bond motifs is 1. The van der Waals surface area contributed by atoms with E-state index in [-0.39, 0.29) is 0 Å². The van der Waals surface area contributed by atoms with Gasteiger partial charge in [-0.15, -0.1) is 11.3 Å². The normalized spacial score (nSPS) is 12.2. The Hall–Kier alpha value is -1.65. The van der Waals surface area contributed by atoms with Crippen LogP contribution in [0.5, 0.6) is 0 Å². The van der Waals surface area contributed by atoms with E-state index in [0.29, 0.717) is 5.01 Å². The summed E-state index contributed by atoms with van der Waals surface area (Å²) >= 11 is 1.46. The van der Waals surface area contributed by atoms with Crippen molar-refractivity contribution in [2.75, 3.05) is 0 Å². The highest BCUT2D eigenvalue weighted by Crippen LogP contribution is 2.33. The van der Waals surface area contributed by atoms with Crippen LogP contribution in [0.3, 0.4) is 0 Å². The van der Waals surface area contributed by atoms with Crippen LogP contribution in [0, 0.1) is 0 Å². The molecule has 4 heteroatoms. The fourth-order valence-electron chi connectivity index (χ4n) is 1.85. The first-order valence-electron chi connectivity index (χ1n) is 5.71. The predicted octanol–water partition coefficient (Wildman–Crippen LogP) is 3.78. The van der Waals surface area contributed by atoms with E-state index in [0.717, 1.165) is 22.2 Å². The summed E-state index contributed by atoms with van der Waals surface area (Å²) in [4.78, 5) is 4.48. The molecular weight excluding hydrogens is 246 g/mol. The van der Waals surface area contributed by atoms with Gasteiger partial charge in [0.1, 0.15) is 22.5 Å². The summed E-state index contributed by atoms with van der Waals surface area (Å²) in [5.74, 6) is 0. The first-order valence-corrected chi connectivity index (χ1v) is 6.58. The van der Waals surface area contributed by atoms with E-state index in [4.69, 9.17) is 4.42 Å². The molecule has 2 heterocycles. The van der Waals surface area contributed by atoms with E-state index in [1.165, 1.54) is 11.3 Å². The summed E-state index contributed by atoms with van der Waals surface area (Å²) in [7, 11) is 0. The molecule has 92 valence electrons. The number of aromatic nitrogens is 1. The molecular formula is C14H13NO2S. The van der Waals surface area contributed by atoms with Crippen LogP contribution in [0.15, 0.2) is 40.3 Å². The Morgan fingerprint density at radius 3 is 2.78 bits per heavy atom. The van der Waals surface area contributed by atoms with Crippen molar-refractivity contribution in [3.8, 4) is 11.3 Å². The van der Waals surface area contributed by atoms with Crippen molar-refractivity contribution in [2.45, 2.75) is 19.4 Å². The first kappa shape index (κ1) is 11.4. The van der Waals surface area contributed by atoms with Gasteiger partial charge in [-0.2, -0.15) is 0 Å². The number of hydrogen-bond acceptors (Lipinski definition) is 4. The smallest absolute Gasteiger partial charge is 0.134 e. The van der Waals surface area contributed by atoms with Gasteiger partial charge in [0, 0.05) is 16.3 Å². The fourth-order valence-corrected chi connectivity index (χ4v) is 2.70. The van der Waals surface area contributed by atoms with Crippen molar-refractivity contribution in [3.05, 3.63) is 40.9 Å². The molecule has 0 saturated carbocycles. The van der Waals surface area contributed by atoms with Gasteiger partial charge in [0.05, 0.1) is 5.69 Å². The maximum Gasteiger partial charge on any atom is 0.134 e. The topological polar surface area (TPSA) is 46.3 Å². The average molecular weight is 259 g/mol. The molecule has 0 aliphatic heterocycles. The Morgan fingerprint density at radius 1 is 1.28 bits per heavy atom. The van der Waals surface area contributed by atoms with Crippen molar-refractivity contribution >= 4 is 22.3 Å². The van der Waals surface area contributed by atoms with Gasteiger partial charge in [0.2, 0.25) is 0 Å². The Labute approximate surface area is 109 Å². The number of para-hydroxylation sites is 1. The highest BCUT2D eigenvalue weighted by molar-refractivity contribution is 7.10. The molecule has 3 aromatic rings. The third-order valence-corrected chi connectivity index (χ3v) is 3.94. The first-order chi connectivity index (χ1) is 8.55. The third kappa shape index (κ3) is 1.83. The molecule has 0 spiro atoms. The fraction of sp³-hybridized carbons (Fsp3) is 0.214. The molecule has 0 atom stereocenters. The van der Waals surface area contributed by atoms with Crippen LogP contribution in [0.1, 0.15) is 18.9 Å². The lowest BCUT2D eigenvalue weighted by Crippen LogP contribution is -2.14. The van der Waals surface area contributed by atoms with E-state index >= 15 is 0 Å². The van der Waals surface area contributed by atoms with E-state index in [1.807, 2.05) is 29.6 Å². The lowest BCUT2D eigenvalue weighted by atomic mass is 10.1. The second-order valence-electron chi connectivity index (χ2n) is 4.74. The summed E-state index contributed by atoms with van der Waals surface area (Å²) in [6.07, 6.45) is 1.72. The molecule has 3 nitrogen and oxygen atoms in total. The van der Waals surface area contributed by atoms with Crippen LogP contribution < -0.4 is 0 Å². The zero-order chi connectivity index (χ0) is 12.8. The predicted molar refractivity (Wildman–Crippen MR) is 72.6 cm³/mol. The summed E-state index contributed by atoms with van der Waals surface area (Å²) in [6, 6.07) is 7.86. The third-order valence-electron chi connectivity index (χ3n) is 2.78. The van der Waals surface area contributed by atoms with Crippen LogP contribution >= 0.6 is 11.3 Å². The average Bonchev–Trinajstić information content (AvgIpc) is 2.94. The number of benzene rings is 1. The highest BCUT2D eigenvalue weighted by Gasteiger charge is 2.21. The SMILES string of the molecule is CC(C)(O)c1nc(-c2coc3ccccc23)cs1. The molecule has 0 aliphatic carbocycles. The highest BCUT2D eigenvalue weighted by atomic mass is 32.1. The van der Waals surface area contributed by atoms with Crippen molar-refractivity contribution in [1.82, 2.24) is 4.98 Å². The van der Waals surface area contributed by atoms with Crippen LogP contribution in [0.2, 0.25) is 0 Å². The molecule has 0 fully saturated rings. The summed E-state index contributed by atoms with van der Waals surface area (Å²) < 4.78 is 5.50.